The maximum absolute atomic E-state index is 13.5. The van der Waals surface area contributed by atoms with E-state index < -0.39 is 59.1 Å². The van der Waals surface area contributed by atoms with Gasteiger partial charge in [-0.25, -0.2) is 4.79 Å². The number of hydrogen-bond donors (Lipinski definition) is 1. The first-order valence-corrected chi connectivity index (χ1v) is 9.74. The van der Waals surface area contributed by atoms with Crippen LogP contribution in [0.25, 0.3) is 0 Å². The summed E-state index contributed by atoms with van der Waals surface area (Å²) in [7, 11) is 2.42. The highest BCUT2D eigenvalue weighted by Crippen LogP contribution is 2.52. The number of aliphatic hydroxyl groups is 1. The molecule has 0 aromatic carbocycles. The van der Waals surface area contributed by atoms with Gasteiger partial charge in [0.25, 0.3) is 0 Å². The summed E-state index contributed by atoms with van der Waals surface area (Å²) in [5, 5.41) is 14.8. The summed E-state index contributed by atoms with van der Waals surface area (Å²) < 4.78 is 79.9. The van der Waals surface area contributed by atoms with Gasteiger partial charge in [-0.2, -0.15) is 0 Å². The third-order valence-corrected chi connectivity index (χ3v) is 6.69. The van der Waals surface area contributed by atoms with E-state index >= 15 is 0 Å². The number of epoxide rings is 1. The van der Waals surface area contributed by atoms with Crippen molar-refractivity contribution in [3.63, 3.8) is 0 Å². The van der Waals surface area contributed by atoms with Gasteiger partial charge in [0, 0.05) is 18.2 Å². The Kier molecular flexibility index (Phi) is 2.96. The van der Waals surface area contributed by atoms with E-state index in [1.807, 2.05) is 0 Å². The van der Waals surface area contributed by atoms with Crippen LogP contribution in [0.2, 0.25) is 0 Å². The molecule has 8 heteroatoms. The number of fused-ring (bicyclic) bond motifs is 5. The lowest BCUT2D eigenvalue weighted by molar-refractivity contribution is -0.938. The Morgan fingerprint density at radius 3 is 2.22 bits per heavy atom. The summed E-state index contributed by atoms with van der Waals surface area (Å²) >= 11 is 2.09. The Hall–Kier alpha value is -0.770. The van der Waals surface area contributed by atoms with Crippen LogP contribution < -0.4 is 17.0 Å². The monoisotopic (exact) mass is 479 g/mol. The van der Waals surface area contributed by atoms with Gasteiger partial charge in [0.2, 0.25) is 5.60 Å². The summed E-state index contributed by atoms with van der Waals surface area (Å²) in [5.41, 5.74) is -2.38. The second-order valence-electron chi connectivity index (χ2n) is 6.65. The van der Waals surface area contributed by atoms with Gasteiger partial charge >= 0.3 is 5.97 Å². The number of nitrogens with zero attached hydrogens (tertiary/aromatic N) is 1. The first-order chi connectivity index (χ1) is 15.4. The molecule has 3 fully saturated rings. The van der Waals surface area contributed by atoms with E-state index in [1.165, 1.54) is 26.2 Å². The van der Waals surface area contributed by atoms with Crippen LogP contribution in [0, 0.1) is 0 Å². The van der Waals surface area contributed by atoms with Crippen molar-refractivity contribution in [2.45, 2.75) is 48.6 Å². The summed E-state index contributed by atoms with van der Waals surface area (Å²) in [5.74, 6) is -1.37. The van der Waals surface area contributed by atoms with Gasteiger partial charge in [0.15, 0.2) is 0 Å². The lowest BCUT2D eigenvalue weighted by Gasteiger charge is -2.45. The van der Waals surface area contributed by atoms with E-state index in [0.29, 0.717) is 0 Å². The van der Waals surface area contributed by atoms with Gasteiger partial charge in [0.1, 0.15) is 30.3 Å². The molecule has 5 nitrogen and oxygen atoms in total. The average Bonchev–Trinajstić information content (AvgIpc) is 3.26. The van der Waals surface area contributed by atoms with E-state index in [1.54, 1.807) is 22.9 Å². The lowest BCUT2D eigenvalue weighted by atomic mass is 9.95. The molecule has 2 bridgehead atoms. The van der Waals surface area contributed by atoms with Crippen molar-refractivity contribution in [3.05, 3.63) is 44.8 Å². The van der Waals surface area contributed by atoms with Crippen molar-refractivity contribution in [3.8, 4) is 0 Å². The molecule has 3 saturated heterocycles. The SMILES string of the molecule is [2H]C1([2H])C(OC(=O)C(O)(c2cccs2)c2cccs2)C([2H])([2H])C2([2H])C3([2H])OC3([2H])C1([2H])[N+]2(C)C.[Br-]. The van der Waals surface area contributed by atoms with E-state index in [2.05, 4.69) is 0 Å². The van der Waals surface area contributed by atoms with Crippen LogP contribution in [0.15, 0.2) is 35.0 Å². The van der Waals surface area contributed by atoms with Crippen LogP contribution in [-0.2, 0) is 19.9 Å². The topological polar surface area (TPSA) is 59.1 Å². The third kappa shape index (κ3) is 2.84. The second kappa shape index (κ2) is 6.64. The Labute approximate surface area is 188 Å². The number of carbonyl (C=O) groups excluding carboxylic acids is 1. The van der Waals surface area contributed by atoms with Crippen molar-refractivity contribution in [2.75, 3.05) is 14.1 Å². The Bertz CT molecular complexity index is 1110. The Balaban J connectivity index is 0.00000289. The largest absolute Gasteiger partial charge is 1.00 e. The molecule has 4 atom stereocenters. The van der Waals surface area contributed by atoms with Crippen LogP contribution in [0.3, 0.4) is 0 Å². The second-order valence-corrected chi connectivity index (χ2v) is 8.55. The molecule has 3 aliphatic heterocycles. The van der Waals surface area contributed by atoms with Crippen LogP contribution in [0.5, 0.6) is 0 Å². The zero-order valence-electron chi connectivity index (χ0n) is 22.4. The maximum atomic E-state index is 13.5. The van der Waals surface area contributed by atoms with Crippen LogP contribution in [0.1, 0.15) is 33.5 Å². The molecule has 1 N–H and O–H groups in total. The predicted octanol–water partition coefficient (Wildman–Crippen LogP) is -0.650. The predicted molar refractivity (Wildman–Crippen MR) is 99.1 cm³/mol. The van der Waals surface area contributed by atoms with Crippen molar-refractivity contribution in [2.24, 2.45) is 0 Å². The van der Waals surface area contributed by atoms with Crippen LogP contribution in [-0.4, -0.2) is 60.0 Å². The molecule has 0 aliphatic carbocycles. The molecule has 5 heterocycles. The van der Waals surface area contributed by atoms with Gasteiger partial charge in [-0.3, -0.25) is 0 Å². The summed E-state index contributed by atoms with van der Waals surface area (Å²) in [6.07, 6.45) is -13.7. The van der Waals surface area contributed by atoms with Gasteiger partial charge in [0.05, 0.1) is 29.3 Å². The first kappa shape index (κ1) is 12.0. The van der Waals surface area contributed by atoms with Crippen molar-refractivity contribution < 1.29 is 51.8 Å². The Morgan fingerprint density at radius 1 is 1.26 bits per heavy atom. The summed E-state index contributed by atoms with van der Waals surface area (Å²) in [6.45, 7) is 0. The summed E-state index contributed by atoms with van der Waals surface area (Å²) in [6, 6.07) is 0.757. The fourth-order valence-electron chi connectivity index (χ4n) is 3.29. The number of ether oxygens (including phenoxy) is 2. The molecule has 27 heavy (non-hydrogen) atoms. The Morgan fingerprint density at radius 2 is 1.78 bits per heavy atom. The molecular formula is C19H22BrNO4S2. The number of piperidine rings is 1. The van der Waals surface area contributed by atoms with Crippen molar-refractivity contribution >= 4 is 28.6 Å². The zero-order valence-corrected chi connectivity index (χ0v) is 17.6. The molecule has 4 unspecified atom stereocenters. The minimum Gasteiger partial charge on any atom is -1.00 e. The molecule has 0 spiro atoms. The number of halogens is 1. The number of esters is 1. The quantitative estimate of drug-likeness (QED) is 0.359. The van der Waals surface area contributed by atoms with Gasteiger partial charge in [-0.1, -0.05) is 12.1 Å². The van der Waals surface area contributed by atoms with E-state index in [0.717, 1.165) is 22.7 Å². The number of rotatable bonds is 4. The number of carbonyl (C=O) groups is 1. The number of quaternary nitrogens is 1. The average molecular weight is 480 g/mol. The highest BCUT2D eigenvalue weighted by atomic mass is 79.9. The fourth-order valence-corrected chi connectivity index (χ4v) is 5.00. The van der Waals surface area contributed by atoms with E-state index in [4.69, 9.17) is 20.4 Å². The van der Waals surface area contributed by atoms with Gasteiger partial charge in [-0.05, 0) is 22.9 Å². The fraction of sp³-hybridized carbons (Fsp3) is 0.526. The number of hydrogen-bond acceptors (Lipinski definition) is 6. The smallest absolute Gasteiger partial charge is 0.349 e. The van der Waals surface area contributed by atoms with Crippen LogP contribution in [0.4, 0.5) is 0 Å². The van der Waals surface area contributed by atoms with Gasteiger partial charge < -0.3 is 36.0 Å². The maximum Gasteiger partial charge on any atom is 0.349 e. The minimum absolute atomic E-state index is 0. The van der Waals surface area contributed by atoms with Gasteiger partial charge in [-0.15, -0.1) is 22.7 Å². The first-order valence-electron chi connectivity index (χ1n) is 12.0. The molecule has 0 saturated carbocycles. The molecule has 2 aromatic rings. The highest BCUT2D eigenvalue weighted by molar-refractivity contribution is 7.12. The number of likely N-dealkylation sites (N-methyl/N-ethyl adjacent to an activating group) is 1. The highest BCUT2D eigenvalue weighted by Gasteiger charge is 2.71. The standard InChI is InChI=1S/C19H22NO4S2.BrH/c1-20(2)12-9-11(10-13(20)17-16(12)24-17)23-18(21)19(22,14-5-3-7-25-14)15-6-4-8-26-15;/h3-8,11-13,16-17,22H,9-10H2,1-2H3;1H/q+1;/p-1/i9D2,10D2,12D,13D,16D,17D;. The van der Waals surface area contributed by atoms with Crippen LogP contribution >= 0.6 is 22.7 Å². The molecule has 2 aromatic heterocycles. The van der Waals surface area contributed by atoms with Crippen molar-refractivity contribution in [1.82, 2.24) is 0 Å². The molecule has 0 radical (unpaired) electrons. The summed E-state index contributed by atoms with van der Waals surface area (Å²) in [4.78, 5) is 13.8. The van der Waals surface area contributed by atoms with E-state index in [-0.39, 0.29) is 26.7 Å². The lowest BCUT2D eigenvalue weighted by Crippen LogP contribution is -3.00. The normalized spacial score (nSPS) is 52.0. The minimum atomic E-state index is -3.09. The third-order valence-electron chi connectivity index (χ3n) is 4.73. The zero-order chi connectivity index (χ0) is 25.4. The van der Waals surface area contributed by atoms with E-state index in [9.17, 15) is 9.90 Å². The molecule has 3 aliphatic rings. The molecule has 0 amide bonds. The molecule has 5 rings (SSSR count). The molecular weight excluding hydrogens is 450 g/mol. The number of morpholine rings is 1. The van der Waals surface area contributed by atoms with Crippen molar-refractivity contribution in [1.29, 1.82) is 0 Å². The molecule has 146 valence electrons. The number of thiophene rings is 2.